The Morgan fingerprint density at radius 3 is 2.40 bits per heavy atom. The Morgan fingerprint density at radius 2 is 1.84 bits per heavy atom. The molecule has 0 aliphatic rings. The summed E-state index contributed by atoms with van der Waals surface area (Å²) in [4.78, 5) is 22.7. The molecule has 0 aliphatic heterocycles. The zero-order chi connectivity index (χ0) is 18.8. The fourth-order valence-corrected chi connectivity index (χ4v) is 2.58. The molecule has 0 N–H and O–H groups in total. The molecule has 0 saturated heterocycles. The van der Waals surface area contributed by atoms with Gasteiger partial charge >= 0.3 is 11.7 Å². The highest BCUT2D eigenvalue weighted by molar-refractivity contribution is 5.92. The summed E-state index contributed by atoms with van der Waals surface area (Å²) in [6.45, 7) is 7.34. The van der Waals surface area contributed by atoms with Gasteiger partial charge in [0.2, 0.25) is 0 Å². The Morgan fingerprint density at radius 1 is 1.16 bits per heavy atom. The van der Waals surface area contributed by atoms with Crippen LogP contribution in [0.3, 0.4) is 0 Å². The monoisotopic (exact) mass is 343 g/mol. The number of nitrogens with zero attached hydrogens (tertiary/aromatic N) is 1. The van der Waals surface area contributed by atoms with Gasteiger partial charge in [0.05, 0.1) is 17.6 Å². The first-order valence-corrected chi connectivity index (χ1v) is 7.79. The van der Waals surface area contributed by atoms with Crippen molar-refractivity contribution in [3.63, 3.8) is 0 Å². The van der Waals surface area contributed by atoms with Crippen LogP contribution in [-0.2, 0) is 10.3 Å². The fourth-order valence-electron chi connectivity index (χ4n) is 2.58. The van der Waals surface area contributed by atoms with E-state index in [1.54, 1.807) is 6.92 Å². The zero-order valence-corrected chi connectivity index (χ0v) is 15.0. The van der Waals surface area contributed by atoms with Crippen LogP contribution in [0, 0.1) is 24.0 Å². The molecule has 0 unspecified atom stereocenters. The Bertz CT molecular complexity index is 827. The van der Waals surface area contributed by atoms with Gasteiger partial charge in [-0.25, -0.2) is 4.79 Å². The van der Waals surface area contributed by atoms with Crippen LogP contribution in [0.5, 0.6) is 5.75 Å². The Balaban J connectivity index is 2.49. The normalized spacial score (nSPS) is 11.1. The van der Waals surface area contributed by atoms with Crippen LogP contribution in [0.25, 0.3) is 0 Å². The van der Waals surface area contributed by atoms with E-state index < -0.39 is 16.5 Å². The largest absolute Gasteiger partial charge is 0.476 e. The minimum absolute atomic E-state index is 0.113. The number of ether oxygens (including phenoxy) is 2. The molecule has 0 heterocycles. The standard InChI is InChI=1S/C19H21NO5/c1-12-7-6-8-14(9-12)19(3,4)25-17-10-13(2)15(18(21)24-5)11-16(17)20(22)23/h6-11H,1-5H3. The minimum atomic E-state index is -0.782. The molecule has 6 nitrogen and oxygen atoms in total. The van der Waals surface area contributed by atoms with E-state index in [4.69, 9.17) is 4.74 Å². The van der Waals surface area contributed by atoms with Gasteiger partial charge < -0.3 is 9.47 Å². The number of hydrogen-bond acceptors (Lipinski definition) is 5. The number of methoxy groups -OCH3 is 1. The first kappa shape index (κ1) is 18.4. The Kier molecular flexibility index (Phi) is 5.11. The van der Waals surface area contributed by atoms with E-state index in [1.807, 2.05) is 45.0 Å². The maximum atomic E-state index is 11.8. The van der Waals surface area contributed by atoms with Gasteiger partial charge in [0, 0.05) is 6.07 Å². The van der Waals surface area contributed by atoms with Gasteiger partial charge in [-0.2, -0.15) is 0 Å². The SMILES string of the molecule is COC(=O)c1cc([N+](=O)[O-])c(OC(C)(C)c2cccc(C)c2)cc1C. The average molecular weight is 343 g/mol. The number of carbonyl (C=O) groups excluding carboxylic acids is 1. The third-order valence-corrected chi connectivity index (χ3v) is 3.99. The lowest BCUT2D eigenvalue weighted by Crippen LogP contribution is -2.26. The van der Waals surface area contributed by atoms with Crippen LogP contribution >= 0.6 is 0 Å². The van der Waals surface area contributed by atoms with Gasteiger partial charge in [-0.3, -0.25) is 10.1 Å². The van der Waals surface area contributed by atoms with Crippen LogP contribution in [-0.4, -0.2) is 18.0 Å². The number of hydrogen-bond donors (Lipinski definition) is 0. The summed E-state index contributed by atoms with van der Waals surface area (Å²) >= 11 is 0. The highest BCUT2D eigenvalue weighted by Gasteiger charge is 2.29. The van der Waals surface area contributed by atoms with Crippen molar-refractivity contribution in [1.29, 1.82) is 0 Å². The molecular weight excluding hydrogens is 322 g/mol. The second-order valence-corrected chi connectivity index (χ2v) is 6.37. The lowest BCUT2D eigenvalue weighted by atomic mass is 9.96. The molecule has 2 aromatic rings. The maximum Gasteiger partial charge on any atom is 0.338 e. The van der Waals surface area contributed by atoms with Crippen molar-refractivity contribution in [2.45, 2.75) is 33.3 Å². The summed E-state index contributed by atoms with van der Waals surface area (Å²) in [6.07, 6.45) is 0. The van der Waals surface area contributed by atoms with Crippen molar-refractivity contribution in [2.24, 2.45) is 0 Å². The van der Waals surface area contributed by atoms with E-state index in [0.29, 0.717) is 5.56 Å². The molecule has 0 spiro atoms. The van der Waals surface area contributed by atoms with Crippen molar-refractivity contribution in [3.05, 3.63) is 68.8 Å². The lowest BCUT2D eigenvalue weighted by molar-refractivity contribution is -0.386. The van der Waals surface area contributed by atoms with E-state index >= 15 is 0 Å². The lowest BCUT2D eigenvalue weighted by Gasteiger charge is -2.27. The quantitative estimate of drug-likeness (QED) is 0.459. The van der Waals surface area contributed by atoms with Crippen molar-refractivity contribution in [1.82, 2.24) is 0 Å². The number of esters is 1. The first-order valence-electron chi connectivity index (χ1n) is 7.79. The van der Waals surface area contributed by atoms with Crippen LogP contribution in [0.1, 0.15) is 40.9 Å². The first-order chi connectivity index (χ1) is 11.7. The summed E-state index contributed by atoms with van der Waals surface area (Å²) in [5.41, 5.74) is 1.61. The van der Waals surface area contributed by atoms with Gasteiger partial charge in [0.15, 0.2) is 5.75 Å². The van der Waals surface area contributed by atoms with Gasteiger partial charge in [0.25, 0.3) is 0 Å². The molecule has 0 aromatic heterocycles. The number of benzene rings is 2. The van der Waals surface area contributed by atoms with Crippen molar-refractivity contribution in [2.75, 3.05) is 7.11 Å². The molecule has 0 atom stereocenters. The van der Waals surface area contributed by atoms with Gasteiger partial charge in [0.1, 0.15) is 5.60 Å². The van der Waals surface area contributed by atoms with E-state index in [-0.39, 0.29) is 17.0 Å². The van der Waals surface area contributed by atoms with E-state index in [0.717, 1.165) is 11.1 Å². The third-order valence-electron chi connectivity index (χ3n) is 3.99. The summed E-state index contributed by atoms with van der Waals surface area (Å²) in [6, 6.07) is 10.5. The van der Waals surface area contributed by atoms with Gasteiger partial charge in [-0.1, -0.05) is 29.8 Å². The van der Waals surface area contributed by atoms with Gasteiger partial charge in [-0.05, 0) is 44.9 Å². The predicted molar refractivity (Wildman–Crippen MR) is 94.0 cm³/mol. The maximum absolute atomic E-state index is 11.8. The molecule has 2 aromatic carbocycles. The summed E-state index contributed by atoms with van der Waals surface area (Å²) in [5.74, 6) is -0.508. The number of rotatable bonds is 5. The number of aryl methyl sites for hydroxylation is 2. The van der Waals surface area contributed by atoms with E-state index in [9.17, 15) is 14.9 Å². The Labute approximate surface area is 146 Å². The molecule has 0 amide bonds. The van der Waals surface area contributed by atoms with Crippen LogP contribution in [0.15, 0.2) is 36.4 Å². The van der Waals surface area contributed by atoms with E-state index in [2.05, 4.69) is 4.74 Å². The second kappa shape index (κ2) is 6.93. The molecule has 0 fully saturated rings. The molecule has 0 bridgehead atoms. The minimum Gasteiger partial charge on any atom is -0.476 e. The second-order valence-electron chi connectivity index (χ2n) is 6.37. The molecular formula is C19H21NO5. The zero-order valence-electron chi connectivity index (χ0n) is 15.0. The molecule has 2 rings (SSSR count). The fraction of sp³-hybridized carbons (Fsp3) is 0.316. The third kappa shape index (κ3) is 3.96. The molecule has 6 heteroatoms. The van der Waals surface area contributed by atoms with Gasteiger partial charge in [-0.15, -0.1) is 0 Å². The summed E-state index contributed by atoms with van der Waals surface area (Å²) in [7, 11) is 1.23. The van der Waals surface area contributed by atoms with Crippen molar-refractivity contribution in [3.8, 4) is 5.75 Å². The van der Waals surface area contributed by atoms with Crippen LogP contribution in [0.4, 0.5) is 5.69 Å². The molecule has 0 saturated carbocycles. The average Bonchev–Trinajstić information content (AvgIpc) is 2.53. The van der Waals surface area contributed by atoms with Crippen molar-refractivity contribution >= 4 is 11.7 Å². The summed E-state index contributed by atoms with van der Waals surface area (Å²) in [5, 5.41) is 11.4. The number of carbonyl (C=O) groups is 1. The topological polar surface area (TPSA) is 78.7 Å². The van der Waals surface area contributed by atoms with Crippen molar-refractivity contribution < 1.29 is 19.2 Å². The molecule has 25 heavy (non-hydrogen) atoms. The predicted octanol–water partition coefficient (Wildman–Crippen LogP) is 4.31. The Hall–Kier alpha value is -2.89. The molecule has 0 aliphatic carbocycles. The smallest absolute Gasteiger partial charge is 0.338 e. The molecule has 0 radical (unpaired) electrons. The highest BCUT2D eigenvalue weighted by Crippen LogP contribution is 2.36. The summed E-state index contributed by atoms with van der Waals surface area (Å²) < 4.78 is 10.7. The highest BCUT2D eigenvalue weighted by atomic mass is 16.6. The number of nitro benzene ring substituents is 1. The molecule has 132 valence electrons. The van der Waals surface area contributed by atoms with Crippen LogP contribution < -0.4 is 4.74 Å². The van der Waals surface area contributed by atoms with Crippen LogP contribution in [0.2, 0.25) is 0 Å². The van der Waals surface area contributed by atoms with E-state index in [1.165, 1.54) is 19.2 Å². The number of nitro groups is 1.